The van der Waals surface area contributed by atoms with Crippen LogP contribution in [0.4, 0.5) is 4.79 Å². The van der Waals surface area contributed by atoms with Crippen molar-refractivity contribution in [3.63, 3.8) is 0 Å². The molecule has 0 spiro atoms. The van der Waals surface area contributed by atoms with Crippen LogP contribution in [0.3, 0.4) is 0 Å². The zero-order valence-corrected chi connectivity index (χ0v) is 15.1. The van der Waals surface area contributed by atoms with Gasteiger partial charge in [0.25, 0.3) is 0 Å². The zero-order chi connectivity index (χ0) is 18.6. The number of aliphatic carboxylic acids is 1. The van der Waals surface area contributed by atoms with E-state index in [4.69, 9.17) is 21.2 Å². The second kappa shape index (κ2) is 7.74. The fraction of sp³-hybridized carbons (Fsp3) is 0.471. The third-order valence-corrected chi connectivity index (χ3v) is 3.62. The minimum absolute atomic E-state index is 0.0570. The number of carbonyl (C=O) groups is 2. The van der Waals surface area contributed by atoms with Crippen LogP contribution < -0.4 is 0 Å². The molecule has 1 heterocycles. The Hall–Kier alpha value is -2.28. The first-order valence-electron chi connectivity index (χ1n) is 7.80. The lowest BCUT2D eigenvalue weighted by molar-refractivity contribution is -0.142. The molecule has 136 valence electrons. The van der Waals surface area contributed by atoms with E-state index in [2.05, 4.69) is 5.16 Å². The molecule has 0 bridgehead atoms. The number of rotatable bonds is 4. The minimum atomic E-state index is -1.11. The van der Waals surface area contributed by atoms with Gasteiger partial charge >= 0.3 is 12.1 Å². The van der Waals surface area contributed by atoms with Gasteiger partial charge in [-0.15, -0.1) is 0 Å². The predicted octanol–water partition coefficient (Wildman–Crippen LogP) is 3.31. The van der Waals surface area contributed by atoms with E-state index in [1.807, 2.05) is 6.07 Å². The number of carboxylic acid groups (broad SMARTS) is 1. The number of halogens is 1. The van der Waals surface area contributed by atoms with Gasteiger partial charge in [-0.1, -0.05) is 28.9 Å². The molecule has 0 aliphatic carbocycles. The van der Waals surface area contributed by atoms with Gasteiger partial charge in [0.05, 0.1) is 12.3 Å². The van der Waals surface area contributed by atoms with E-state index in [0.29, 0.717) is 10.7 Å². The summed E-state index contributed by atoms with van der Waals surface area (Å²) in [6.07, 6.45) is -0.579. The summed E-state index contributed by atoms with van der Waals surface area (Å²) in [5.74, 6) is -1.11. The Morgan fingerprint density at radius 1 is 1.40 bits per heavy atom. The molecule has 1 N–H and O–H groups in total. The summed E-state index contributed by atoms with van der Waals surface area (Å²) >= 11 is 5.90. The van der Waals surface area contributed by atoms with Crippen molar-refractivity contribution in [3.05, 3.63) is 34.9 Å². The summed E-state index contributed by atoms with van der Waals surface area (Å²) in [5, 5.41) is 13.9. The average molecular weight is 369 g/mol. The van der Waals surface area contributed by atoms with Crippen molar-refractivity contribution in [3.8, 4) is 0 Å². The average Bonchev–Trinajstić information content (AvgIpc) is 2.90. The van der Waals surface area contributed by atoms with Crippen LogP contribution in [0.5, 0.6) is 0 Å². The van der Waals surface area contributed by atoms with Crippen molar-refractivity contribution in [2.45, 2.75) is 45.4 Å². The Morgan fingerprint density at radius 3 is 2.72 bits per heavy atom. The molecule has 1 atom stereocenters. The smallest absolute Gasteiger partial charge is 0.411 e. The molecule has 2 rings (SSSR count). The Labute approximate surface area is 151 Å². The van der Waals surface area contributed by atoms with Crippen molar-refractivity contribution < 1.29 is 24.3 Å². The molecular weight excluding hydrogens is 348 g/mol. The topological polar surface area (TPSA) is 88.4 Å². The van der Waals surface area contributed by atoms with Crippen molar-refractivity contribution in [2.24, 2.45) is 5.16 Å². The Balaban J connectivity index is 2.00. The van der Waals surface area contributed by atoms with Gasteiger partial charge in [0, 0.05) is 11.4 Å². The van der Waals surface area contributed by atoms with Gasteiger partial charge in [0.15, 0.2) is 0 Å². The minimum Gasteiger partial charge on any atom is -0.480 e. The van der Waals surface area contributed by atoms with Crippen molar-refractivity contribution >= 4 is 29.4 Å². The van der Waals surface area contributed by atoms with Gasteiger partial charge in [-0.05, 0) is 38.5 Å². The van der Waals surface area contributed by atoms with E-state index in [-0.39, 0.29) is 19.6 Å². The van der Waals surface area contributed by atoms with Gasteiger partial charge in [-0.3, -0.25) is 4.90 Å². The van der Waals surface area contributed by atoms with Gasteiger partial charge in [0.1, 0.15) is 18.2 Å². The maximum Gasteiger partial charge on any atom is 0.411 e. The number of carbonyl (C=O) groups excluding carboxylic acids is 1. The third-order valence-electron chi connectivity index (χ3n) is 3.39. The highest BCUT2D eigenvalue weighted by Gasteiger charge is 2.40. The fourth-order valence-electron chi connectivity index (χ4n) is 2.33. The molecule has 25 heavy (non-hydrogen) atoms. The van der Waals surface area contributed by atoms with Crippen LogP contribution in [0.1, 0.15) is 32.8 Å². The van der Waals surface area contributed by atoms with Crippen LogP contribution in [0.25, 0.3) is 0 Å². The van der Waals surface area contributed by atoms with Crippen LogP contribution in [0.15, 0.2) is 29.4 Å². The van der Waals surface area contributed by atoms with Crippen LogP contribution in [-0.2, 0) is 21.0 Å². The number of ether oxygens (including phenoxy) is 1. The number of amides is 1. The largest absolute Gasteiger partial charge is 0.480 e. The van der Waals surface area contributed by atoms with E-state index in [0.717, 1.165) is 10.5 Å². The maximum atomic E-state index is 12.2. The fourth-order valence-corrected chi connectivity index (χ4v) is 2.54. The number of nitrogens with zero attached hydrogens (tertiary/aromatic N) is 2. The molecule has 1 aromatic rings. The number of benzene rings is 1. The molecule has 0 radical (unpaired) electrons. The van der Waals surface area contributed by atoms with Crippen LogP contribution in [0, 0.1) is 0 Å². The highest BCUT2D eigenvalue weighted by molar-refractivity contribution is 6.30. The molecule has 7 nitrogen and oxygen atoms in total. The van der Waals surface area contributed by atoms with Gasteiger partial charge in [-0.2, -0.15) is 0 Å². The molecule has 0 unspecified atom stereocenters. The molecule has 0 aromatic heterocycles. The molecule has 1 saturated heterocycles. The van der Waals surface area contributed by atoms with Crippen LogP contribution in [0.2, 0.25) is 5.02 Å². The van der Waals surface area contributed by atoms with Gasteiger partial charge in [-0.25, -0.2) is 9.59 Å². The maximum absolute atomic E-state index is 12.2. The van der Waals surface area contributed by atoms with E-state index >= 15 is 0 Å². The molecule has 8 heteroatoms. The summed E-state index contributed by atoms with van der Waals surface area (Å²) in [5.41, 5.74) is 0.609. The highest BCUT2D eigenvalue weighted by atomic mass is 35.5. The number of likely N-dealkylation sites (tertiary alicyclic amines) is 1. The standard InChI is InChI=1S/C17H21ClN2O5/c1-17(2,3)25-16(23)20-9-13(8-14(20)15(21)22)19-24-10-11-5-4-6-12(18)7-11/h4-7,14H,8-10H2,1-3H3,(H,21,22)/b19-13+/t14-/m0/s1. The Bertz CT molecular complexity index is 684. The van der Waals surface area contributed by atoms with Crippen molar-refractivity contribution in [1.29, 1.82) is 0 Å². The van der Waals surface area contributed by atoms with Gasteiger partial charge < -0.3 is 14.7 Å². The number of hydrogen-bond acceptors (Lipinski definition) is 5. The third kappa shape index (κ3) is 5.63. The summed E-state index contributed by atoms with van der Waals surface area (Å²) < 4.78 is 5.25. The number of carboxylic acids is 1. The van der Waals surface area contributed by atoms with E-state index in [1.54, 1.807) is 39.0 Å². The normalized spacial score (nSPS) is 19.1. The molecule has 0 saturated carbocycles. The van der Waals surface area contributed by atoms with E-state index < -0.39 is 23.7 Å². The Morgan fingerprint density at radius 2 is 2.12 bits per heavy atom. The van der Waals surface area contributed by atoms with Crippen LogP contribution >= 0.6 is 11.6 Å². The quantitative estimate of drug-likeness (QED) is 0.823. The lowest BCUT2D eigenvalue weighted by Crippen LogP contribution is -2.43. The first kappa shape index (κ1) is 19.1. The van der Waals surface area contributed by atoms with E-state index in [1.165, 1.54) is 0 Å². The monoisotopic (exact) mass is 368 g/mol. The van der Waals surface area contributed by atoms with Crippen molar-refractivity contribution in [2.75, 3.05) is 6.54 Å². The summed E-state index contributed by atoms with van der Waals surface area (Å²) in [7, 11) is 0. The number of hydrogen-bond donors (Lipinski definition) is 1. The summed E-state index contributed by atoms with van der Waals surface area (Å²) in [4.78, 5) is 30.0. The summed E-state index contributed by atoms with van der Waals surface area (Å²) in [6, 6.07) is 6.14. The first-order valence-corrected chi connectivity index (χ1v) is 8.18. The number of oxime groups is 1. The SMILES string of the molecule is CC(C)(C)OC(=O)N1C/C(=N/OCc2cccc(Cl)c2)C[C@H]1C(=O)O. The zero-order valence-electron chi connectivity index (χ0n) is 14.4. The Kier molecular flexibility index (Phi) is 5.89. The van der Waals surface area contributed by atoms with Crippen LogP contribution in [-0.4, -0.2) is 46.0 Å². The molecular formula is C17H21ClN2O5. The molecule has 1 aliphatic heterocycles. The lowest BCUT2D eigenvalue weighted by atomic mass is 10.2. The van der Waals surface area contributed by atoms with E-state index in [9.17, 15) is 14.7 Å². The molecule has 1 aliphatic rings. The molecule has 1 amide bonds. The van der Waals surface area contributed by atoms with Gasteiger partial charge in [0.2, 0.25) is 0 Å². The lowest BCUT2D eigenvalue weighted by Gasteiger charge is -2.26. The van der Waals surface area contributed by atoms with Crippen molar-refractivity contribution in [1.82, 2.24) is 4.90 Å². The second-order valence-electron chi connectivity index (χ2n) is 6.73. The highest BCUT2D eigenvalue weighted by Crippen LogP contribution is 2.20. The molecule has 1 fully saturated rings. The summed E-state index contributed by atoms with van der Waals surface area (Å²) in [6.45, 7) is 5.43. The predicted molar refractivity (Wildman–Crippen MR) is 92.7 cm³/mol. The first-order chi connectivity index (χ1) is 11.7. The second-order valence-corrected chi connectivity index (χ2v) is 7.16. The molecule has 1 aromatic carbocycles.